The van der Waals surface area contributed by atoms with Crippen LogP contribution in [0.5, 0.6) is 0 Å². The first-order valence-corrected chi connectivity index (χ1v) is 13.3. The van der Waals surface area contributed by atoms with E-state index >= 15 is 0 Å². The average Bonchev–Trinajstić information content (AvgIpc) is 2.95. The van der Waals surface area contributed by atoms with Crippen LogP contribution in [0.3, 0.4) is 0 Å². The Bertz CT molecular complexity index is 1650. The van der Waals surface area contributed by atoms with Crippen LogP contribution in [0.4, 0.5) is 22.7 Å². The minimum absolute atomic E-state index is 0.530. The molecular formula is C32H22N4OS2. The van der Waals surface area contributed by atoms with Crippen LogP contribution >= 0.6 is 24.1 Å². The second-order valence-corrected chi connectivity index (χ2v) is 10.5. The van der Waals surface area contributed by atoms with Gasteiger partial charge in [0.05, 0.1) is 26.3 Å². The van der Waals surface area contributed by atoms with Crippen molar-refractivity contribution >= 4 is 46.8 Å². The van der Waals surface area contributed by atoms with E-state index in [-0.39, 0.29) is 0 Å². The lowest BCUT2D eigenvalue weighted by Gasteiger charge is -2.17. The Morgan fingerprint density at radius 1 is 0.487 bits per heavy atom. The number of benzene rings is 4. The van der Waals surface area contributed by atoms with Gasteiger partial charge in [-0.2, -0.15) is 0 Å². The zero-order valence-electron chi connectivity index (χ0n) is 21.8. The van der Waals surface area contributed by atoms with Crippen molar-refractivity contribution in [2.75, 3.05) is 0 Å². The fourth-order valence-electron chi connectivity index (χ4n) is 4.52. The number of hydrogen-bond donors (Lipinski definition) is 0. The van der Waals surface area contributed by atoms with E-state index in [1.54, 1.807) is 24.3 Å². The molecule has 0 atom stereocenters. The van der Waals surface area contributed by atoms with Gasteiger partial charge in [-0.15, -0.1) is 0 Å². The van der Waals surface area contributed by atoms with Crippen molar-refractivity contribution in [3.05, 3.63) is 129 Å². The van der Waals surface area contributed by atoms with Crippen LogP contribution in [0.25, 0.3) is 41.6 Å². The molecule has 0 spiro atoms. The summed E-state index contributed by atoms with van der Waals surface area (Å²) in [6.45, 7) is 38.1. The van der Waals surface area contributed by atoms with E-state index in [4.69, 9.17) is 29.9 Å². The molecule has 0 aliphatic rings. The van der Waals surface area contributed by atoms with Crippen molar-refractivity contribution in [2.45, 2.75) is 37.5 Å². The van der Waals surface area contributed by atoms with Gasteiger partial charge in [-0.3, -0.25) is 0 Å². The minimum Gasteiger partial charge on any atom is -0.238 e. The van der Waals surface area contributed by atoms with Crippen molar-refractivity contribution < 1.29 is 3.63 Å². The zero-order chi connectivity index (χ0) is 28.1. The molecule has 0 amide bonds. The van der Waals surface area contributed by atoms with Crippen molar-refractivity contribution in [1.82, 2.24) is 0 Å². The summed E-state index contributed by atoms with van der Waals surface area (Å²) in [7, 11) is 0. The molecule has 39 heavy (non-hydrogen) atoms. The molecule has 5 nitrogen and oxygen atoms in total. The maximum atomic E-state index is 7.69. The summed E-state index contributed by atoms with van der Waals surface area (Å²) in [5.74, 6) is 0. The van der Waals surface area contributed by atoms with Crippen molar-refractivity contribution in [1.29, 1.82) is 0 Å². The lowest BCUT2D eigenvalue weighted by atomic mass is 9.94. The fourth-order valence-corrected chi connectivity index (χ4v) is 5.95. The topological polar surface area (TPSA) is 26.7 Å². The van der Waals surface area contributed by atoms with Gasteiger partial charge in [-0.05, 0) is 72.2 Å². The summed E-state index contributed by atoms with van der Waals surface area (Å²) in [4.78, 5) is 16.4. The summed E-state index contributed by atoms with van der Waals surface area (Å²) in [5.41, 5.74) is 9.06. The van der Waals surface area contributed by atoms with Gasteiger partial charge in [0.2, 0.25) is 0 Å². The van der Waals surface area contributed by atoms with E-state index in [0.717, 1.165) is 54.3 Å². The molecule has 0 radical (unpaired) electrons. The van der Waals surface area contributed by atoms with Crippen LogP contribution in [0.1, 0.15) is 22.3 Å². The van der Waals surface area contributed by atoms with E-state index in [1.807, 2.05) is 64.1 Å². The maximum Gasteiger partial charge on any atom is 0.195 e. The molecule has 0 fully saturated rings. The molecule has 0 saturated carbocycles. The summed E-state index contributed by atoms with van der Waals surface area (Å²) in [6, 6.07) is 18.5. The fraction of sp³-hybridized carbons (Fsp3) is 0.125. The zero-order valence-corrected chi connectivity index (χ0v) is 23.4. The predicted octanol–water partition coefficient (Wildman–Crippen LogP) is 11.2. The van der Waals surface area contributed by atoms with Crippen LogP contribution in [-0.2, 0) is 3.63 Å². The summed E-state index contributed by atoms with van der Waals surface area (Å²) >= 11 is 2.43. The molecule has 0 heterocycles. The maximum absolute atomic E-state index is 7.69. The molecule has 0 aliphatic heterocycles. The Balaban J connectivity index is 1.66. The monoisotopic (exact) mass is 542 g/mol. The van der Waals surface area contributed by atoms with Crippen LogP contribution in [0, 0.1) is 54.0 Å². The van der Waals surface area contributed by atoms with E-state index in [0.29, 0.717) is 22.7 Å². The van der Waals surface area contributed by atoms with E-state index in [9.17, 15) is 0 Å². The second kappa shape index (κ2) is 11.9. The van der Waals surface area contributed by atoms with Gasteiger partial charge in [-0.25, -0.2) is 23.0 Å². The normalized spacial score (nSPS) is 10.3. The highest BCUT2D eigenvalue weighted by Gasteiger charge is 2.18. The summed E-state index contributed by atoms with van der Waals surface area (Å²) in [5, 5.41) is 0. The van der Waals surface area contributed by atoms with Gasteiger partial charge in [0, 0.05) is 33.9 Å². The number of nitrogens with zero attached hydrogens (tertiary/aromatic N) is 4. The van der Waals surface area contributed by atoms with Gasteiger partial charge in [0.25, 0.3) is 0 Å². The van der Waals surface area contributed by atoms with Gasteiger partial charge in [0.15, 0.2) is 22.7 Å². The highest BCUT2D eigenvalue weighted by Crippen LogP contribution is 2.45. The van der Waals surface area contributed by atoms with E-state index in [2.05, 4.69) is 19.4 Å². The Hall–Kier alpha value is -4.50. The van der Waals surface area contributed by atoms with Crippen LogP contribution < -0.4 is 0 Å². The van der Waals surface area contributed by atoms with Crippen LogP contribution in [0.2, 0.25) is 0 Å². The summed E-state index contributed by atoms with van der Waals surface area (Å²) < 4.78 is 6.03. The highest BCUT2D eigenvalue weighted by molar-refractivity contribution is 8.08. The number of rotatable bonds is 6. The van der Waals surface area contributed by atoms with E-state index in [1.165, 1.54) is 24.1 Å². The lowest BCUT2D eigenvalue weighted by Crippen LogP contribution is -1.91. The number of hydrogen-bond acceptors (Lipinski definition) is 3. The first-order chi connectivity index (χ1) is 18.9. The van der Waals surface area contributed by atoms with Crippen LogP contribution in [-0.4, -0.2) is 0 Å². The lowest BCUT2D eigenvalue weighted by molar-refractivity contribution is 0.755. The Kier molecular flexibility index (Phi) is 8.41. The quantitative estimate of drug-likeness (QED) is 0.179. The minimum atomic E-state index is 0.530. The van der Waals surface area contributed by atoms with Crippen LogP contribution in [0.15, 0.2) is 70.5 Å². The third-order valence-corrected chi connectivity index (χ3v) is 8.45. The molecule has 0 N–H and O–H groups in total. The largest absolute Gasteiger partial charge is 0.238 e. The molecule has 0 aliphatic carbocycles. The van der Waals surface area contributed by atoms with Crippen molar-refractivity contribution in [3.8, 4) is 22.3 Å². The van der Waals surface area contributed by atoms with Gasteiger partial charge < -0.3 is 0 Å². The van der Waals surface area contributed by atoms with Gasteiger partial charge >= 0.3 is 0 Å². The molecule has 7 heteroatoms. The average molecular weight is 543 g/mol. The summed E-state index contributed by atoms with van der Waals surface area (Å²) in [6.07, 6.45) is 0. The first-order valence-electron chi connectivity index (χ1n) is 11.8. The molecule has 4 rings (SSSR count). The Labute approximate surface area is 238 Å². The molecule has 4 aromatic rings. The second-order valence-electron chi connectivity index (χ2n) is 8.75. The molecule has 0 unspecified atom stereocenters. The van der Waals surface area contributed by atoms with Crippen molar-refractivity contribution in [2.24, 2.45) is 0 Å². The molecule has 0 aromatic heterocycles. The molecule has 4 aromatic carbocycles. The predicted molar refractivity (Wildman–Crippen MR) is 161 cm³/mol. The van der Waals surface area contributed by atoms with E-state index < -0.39 is 0 Å². The molecule has 0 saturated heterocycles. The van der Waals surface area contributed by atoms with Crippen molar-refractivity contribution in [3.63, 3.8) is 0 Å². The highest BCUT2D eigenvalue weighted by atomic mass is 32.2. The Morgan fingerprint density at radius 2 is 0.872 bits per heavy atom. The van der Waals surface area contributed by atoms with Gasteiger partial charge in [0.1, 0.15) is 0 Å². The Morgan fingerprint density at radius 3 is 1.23 bits per heavy atom. The third-order valence-electron chi connectivity index (χ3n) is 6.67. The first kappa shape index (κ1) is 27.5. The van der Waals surface area contributed by atoms with Gasteiger partial charge in [-0.1, -0.05) is 60.7 Å². The smallest absolute Gasteiger partial charge is 0.195 e. The standard InChI is InChI=1S/C32H22N4OS2/c1-19-23(11-9-13-25(19)33-5)31-21(3)29(17-15-27(31)35-7)38-37-39-30-18-16-28(36-8)32(22(30)4)24-12-10-14-26(34-6)20(24)2/h9-18H,1-4H3. The molecular weight excluding hydrogens is 521 g/mol. The molecule has 188 valence electrons. The molecule has 0 bridgehead atoms. The SMILES string of the molecule is [C-]#[N+]c1cccc(-c2c([N+]#[C-])ccc(SOSc3ccc([N+]#[C-])c(-c4cccc([N+]#[C-])c4C)c3C)c2C)c1C. The third kappa shape index (κ3) is 5.26.